The first-order chi connectivity index (χ1) is 9.16. The summed E-state index contributed by atoms with van der Waals surface area (Å²) in [5.41, 5.74) is -0.0477. The number of carbonyl (C=O) groups is 1. The van der Waals surface area contributed by atoms with E-state index in [9.17, 15) is 15.0 Å². The van der Waals surface area contributed by atoms with Gasteiger partial charge in [0.25, 0.3) is 5.91 Å². The summed E-state index contributed by atoms with van der Waals surface area (Å²) in [6.07, 6.45) is 6.93. The minimum atomic E-state index is -0.427. The molecular formula is C15H23NO3. The fourth-order valence-corrected chi connectivity index (χ4v) is 1.96. The van der Waals surface area contributed by atoms with Crippen molar-refractivity contribution in [1.29, 1.82) is 0 Å². The van der Waals surface area contributed by atoms with Crippen molar-refractivity contribution < 1.29 is 15.0 Å². The number of hydrogen-bond donors (Lipinski definition) is 3. The van der Waals surface area contributed by atoms with Gasteiger partial charge in [0.1, 0.15) is 17.1 Å². The molecule has 0 spiro atoms. The van der Waals surface area contributed by atoms with Gasteiger partial charge >= 0.3 is 0 Å². The lowest BCUT2D eigenvalue weighted by Gasteiger charge is -2.08. The van der Waals surface area contributed by atoms with Crippen LogP contribution in [-0.4, -0.2) is 22.7 Å². The van der Waals surface area contributed by atoms with E-state index in [1.807, 2.05) is 0 Å². The van der Waals surface area contributed by atoms with Gasteiger partial charge in [-0.1, -0.05) is 45.1 Å². The molecule has 0 saturated carbocycles. The average Bonchev–Trinajstić information content (AvgIpc) is 2.37. The molecule has 0 fully saturated rings. The van der Waals surface area contributed by atoms with E-state index < -0.39 is 5.91 Å². The first-order valence-electron chi connectivity index (χ1n) is 6.96. The standard InChI is InChI=1S/C15H23NO3/c1-2-3-4-5-6-7-11-16-15(19)14-12(17)9-8-10-13(14)18/h8-10,17-18H,2-7,11H2,1H3,(H,16,19). The number of rotatable bonds is 8. The number of aromatic hydroxyl groups is 2. The third-order valence-electron chi connectivity index (χ3n) is 3.06. The molecular weight excluding hydrogens is 242 g/mol. The maximum atomic E-state index is 11.8. The van der Waals surface area contributed by atoms with Gasteiger partial charge in [-0.25, -0.2) is 0 Å². The van der Waals surface area contributed by atoms with Gasteiger partial charge in [-0.15, -0.1) is 0 Å². The molecule has 4 nitrogen and oxygen atoms in total. The van der Waals surface area contributed by atoms with Crippen LogP contribution in [0.5, 0.6) is 11.5 Å². The van der Waals surface area contributed by atoms with Crippen molar-refractivity contribution in [3.63, 3.8) is 0 Å². The topological polar surface area (TPSA) is 69.6 Å². The molecule has 0 unspecified atom stereocenters. The van der Waals surface area contributed by atoms with Crippen LogP contribution in [0.1, 0.15) is 55.8 Å². The molecule has 0 aliphatic heterocycles. The van der Waals surface area contributed by atoms with Gasteiger partial charge in [0.05, 0.1) is 0 Å². The summed E-state index contributed by atoms with van der Waals surface area (Å²) in [7, 11) is 0. The van der Waals surface area contributed by atoms with E-state index in [0.29, 0.717) is 6.54 Å². The Bertz CT molecular complexity index is 384. The van der Waals surface area contributed by atoms with Crippen LogP contribution in [0, 0.1) is 0 Å². The highest BCUT2D eigenvalue weighted by molar-refractivity contribution is 5.99. The number of carbonyl (C=O) groups excluding carboxylic acids is 1. The average molecular weight is 265 g/mol. The highest BCUT2D eigenvalue weighted by Crippen LogP contribution is 2.25. The van der Waals surface area contributed by atoms with E-state index in [1.165, 1.54) is 43.9 Å². The quantitative estimate of drug-likeness (QED) is 0.632. The molecule has 0 saturated heterocycles. The second-order valence-electron chi connectivity index (χ2n) is 4.69. The van der Waals surface area contributed by atoms with E-state index in [0.717, 1.165) is 12.8 Å². The van der Waals surface area contributed by atoms with E-state index in [2.05, 4.69) is 12.2 Å². The predicted molar refractivity (Wildman–Crippen MR) is 75.5 cm³/mol. The second-order valence-corrected chi connectivity index (χ2v) is 4.69. The van der Waals surface area contributed by atoms with E-state index in [-0.39, 0.29) is 17.1 Å². The van der Waals surface area contributed by atoms with Crippen molar-refractivity contribution >= 4 is 5.91 Å². The molecule has 4 heteroatoms. The lowest BCUT2D eigenvalue weighted by atomic mass is 10.1. The third kappa shape index (κ3) is 5.20. The smallest absolute Gasteiger partial charge is 0.258 e. The molecule has 0 aliphatic carbocycles. The van der Waals surface area contributed by atoms with Crippen LogP contribution >= 0.6 is 0 Å². The molecule has 0 heterocycles. The molecule has 0 bridgehead atoms. The summed E-state index contributed by atoms with van der Waals surface area (Å²) < 4.78 is 0. The Balaban J connectivity index is 2.28. The summed E-state index contributed by atoms with van der Waals surface area (Å²) in [5.74, 6) is -0.815. The largest absolute Gasteiger partial charge is 0.507 e. The minimum Gasteiger partial charge on any atom is -0.507 e. The number of phenolic OH excluding ortho intramolecular Hbond substituents is 2. The molecule has 106 valence electrons. The molecule has 0 aliphatic rings. The zero-order valence-corrected chi connectivity index (χ0v) is 11.5. The lowest BCUT2D eigenvalue weighted by Crippen LogP contribution is -2.24. The Kier molecular flexibility index (Phi) is 6.79. The highest BCUT2D eigenvalue weighted by Gasteiger charge is 2.14. The van der Waals surface area contributed by atoms with Crippen LogP contribution in [0.3, 0.4) is 0 Å². The number of hydrogen-bond acceptors (Lipinski definition) is 3. The van der Waals surface area contributed by atoms with Gasteiger partial charge in [0, 0.05) is 6.54 Å². The monoisotopic (exact) mass is 265 g/mol. The van der Waals surface area contributed by atoms with Crippen molar-refractivity contribution in [2.45, 2.75) is 45.4 Å². The van der Waals surface area contributed by atoms with E-state index in [4.69, 9.17) is 0 Å². The molecule has 1 amide bonds. The maximum absolute atomic E-state index is 11.8. The summed E-state index contributed by atoms with van der Waals surface area (Å²) in [5, 5.41) is 21.8. The summed E-state index contributed by atoms with van der Waals surface area (Å²) in [4.78, 5) is 11.8. The van der Waals surface area contributed by atoms with Crippen molar-refractivity contribution in [2.24, 2.45) is 0 Å². The van der Waals surface area contributed by atoms with E-state index in [1.54, 1.807) is 0 Å². The van der Waals surface area contributed by atoms with E-state index >= 15 is 0 Å². The molecule has 0 aromatic heterocycles. The molecule has 1 rings (SSSR count). The summed E-state index contributed by atoms with van der Waals surface area (Å²) in [6, 6.07) is 4.27. The number of nitrogens with one attached hydrogen (secondary N) is 1. The van der Waals surface area contributed by atoms with Crippen molar-refractivity contribution in [1.82, 2.24) is 5.32 Å². The molecule has 0 atom stereocenters. The number of phenols is 2. The van der Waals surface area contributed by atoms with Crippen LogP contribution in [0.25, 0.3) is 0 Å². The molecule has 19 heavy (non-hydrogen) atoms. The van der Waals surface area contributed by atoms with Gasteiger partial charge < -0.3 is 15.5 Å². The van der Waals surface area contributed by atoms with Crippen molar-refractivity contribution in [2.75, 3.05) is 6.54 Å². The lowest BCUT2D eigenvalue weighted by molar-refractivity contribution is 0.0947. The van der Waals surface area contributed by atoms with Crippen LogP contribution < -0.4 is 5.32 Å². The van der Waals surface area contributed by atoms with Gasteiger partial charge in [0.15, 0.2) is 0 Å². The van der Waals surface area contributed by atoms with Gasteiger partial charge in [0.2, 0.25) is 0 Å². The van der Waals surface area contributed by atoms with Gasteiger partial charge in [-0.2, -0.15) is 0 Å². The molecule has 3 N–H and O–H groups in total. The first-order valence-corrected chi connectivity index (χ1v) is 6.96. The first kappa shape index (κ1) is 15.3. The number of unbranched alkanes of at least 4 members (excludes halogenated alkanes) is 5. The Hall–Kier alpha value is -1.71. The van der Waals surface area contributed by atoms with Crippen molar-refractivity contribution in [3.05, 3.63) is 23.8 Å². The summed E-state index contributed by atoms with van der Waals surface area (Å²) in [6.45, 7) is 2.75. The zero-order chi connectivity index (χ0) is 14.1. The fourth-order valence-electron chi connectivity index (χ4n) is 1.96. The normalized spacial score (nSPS) is 10.4. The van der Waals surface area contributed by atoms with Crippen LogP contribution in [-0.2, 0) is 0 Å². The highest BCUT2D eigenvalue weighted by atomic mass is 16.3. The third-order valence-corrected chi connectivity index (χ3v) is 3.06. The molecule has 1 aromatic rings. The van der Waals surface area contributed by atoms with Crippen LogP contribution in [0.2, 0.25) is 0 Å². The SMILES string of the molecule is CCCCCCCCNC(=O)c1c(O)cccc1O. The number of amides is 1. The number of benzene rings is 1. The molecule has 1 aromatic carbocycles. The van der Waals surface area contributed by atoms with Crippen LogP contribution in [0.4, 0.5) is 0 Å². The zero-order valence-electron chi connectivity index (χ0n) is 11.5. The second kappa shape index (κ2) is 8.40. The van der Waals surface area contributed by atoms with Crippen LogP contribution in [0.15, 0.2) is 18.2 Å². The Morgan fingerprint density at radius 3 is 2.26 bits per heavy atom. The predicted octanol–water partition coefficient (Wildman–Crippen LogP) is 3.19. The maximum Gasteiger partial charge on any atom is 0.258 e. The Morgan fingerprint density at radius 2 is 1.63 bits per heavy atom. The van der Waals surface area contributed by atoms with Gasteiger partial charge in [-0.05, 0) is 18.6 Å². The Morgan fingerprint density at radius 1 is 1.05 bits per heavy atom. The molecule has 0 radical (unpaired) electrons. The van der Waals surface area contributed by atoms with Gasteiger partial charge in [-0.3, -0.25) is 4.79 Å². The fraction of sp³-hybridized carbons (Fsp3) is 0.533. The summed E-state index contributed by atoms with van der Waals surface area (Å²) >= 11 is 0. The van der Waals surface area contributed by atoms with Crippen molar-refractivity contribution in [3.8, 4) is 11.5 Å². The minimum absolute atomic E-state index is 0.0477. The Labute approximate surface area is 114 Å².